The normalized spacial score (nSPS) is 10.0. The number of rotatable bonds is 5. The molecule has 0 radical (unpaired) electrons. The van der Waals surface area contributed by atoms with Crippen LogP contribution in [0.5, 0.6) is 0 Å². The van der Waals surface area contributed by atoms with Crippen LogP contribution in [0.15, 0.2) is 35.3 Å². The summed E-state index contributed by atoms with van der Waals surface area (Å²) in [5.41, 5.74) is 1.91. The topological polar surface area (TPSA) is 17.1 Å². The van der Waals surface area contributed by atoms with Crippen LogP contribution in [0.3, 0.4) is 0 Å². The summed E-state index contributed by atoms with van der Waals surface area (Å²) in [6.45, 7) is 5.63. The Morgan fingerprint density at radius 3 is 2.93 bits per heavy atom. The van der Waals surface area contributed by atoms with E-state index in [4.69, 9.17) is 0 Å². The maximum atomic E-state index is 11.8. The van der Waals surface area contributed by atoms with Crippen LogP contribution in [0.1, 0.15) is 35.2 Å². The fourth-order valence-electron chi connectivity index (χ4n) is 1.39. The molecule has 0 fully saturated rings. The zero-order valence-corrected chi connectivity index (χ0v) is 10.5. The summed E-state index contributed by atoms with van der Waals surface area (Å²) in [4.78, 5) is 11.8. The van der Waals surface area contributed by atoms with Crippen LogP contribution >= 0.6 is 15.9 Å². The third kappa shape index (κ3) is 3.63. The lowest BCUT2D eigenvalue weighted by Crippen LogP contribution is -2.00. The van der Waals surface area contributed by atoms with E-state index in [1.807, 2.05) is 31.2 Å². The first-order valence-corrected chi connectivity index (χ1v) is 5.84. The van der Waals surface area contributed by atoms with E-state index in [0.29, 0.717) is 6.42 Å². The average molecular weight is 267 g/mol. The highest BCUT2D eigenvalue weighted by molar-refractivity contribution is 9.10. The van der Waals surface area contributed by atoms with Crippen molar-refractivity contribution in [3.05, 3.63) is 46.5 Å². The highest BCUT2D eigenvalue weighted by Crippen LogP contribution is 2.20. The highest BCUT2D eigenvalue weighted by atomic mass is 79.9. The fraction of sp³-hybridized carbons (Fsp3) is 0.308. The first-order chi connectivity index (χ1) is 7.15. The SMILES string of the molecule is C=CCCCC(=O)c1cc(C)ccc1Br. The van der Waals surface area contributed by atoms with Crippen LogP contribution in [-0.4, -0.2) is 5.78 Å². The van der Waals surface area contributed by atoms with Crippen molar-refractivity contribution in [1.29, 1.82) is 0 Å². The number of carbonyl (C=O) groups excluding carboxylic acids is 1. The summed E-state index contributed by atoms with van der Waals surface area (Å²) < 4.78 is 0.886. The Bertz CT molecular complexity index is 369. The van der Waals surface area contributed by atoms with E-state index in [2.05, 4.69) is 22.5 Å². The predicted molar refractivity (Wildman–Crippen MR) is 67.3 cm³/mol. The summed E-state index contributed by atoms with van der Waals surface area (Å²) in [5.74, 6) is 0.201. The number of hydrogen-bond donors (Lipinski definition) is 0. The Balaban J connectivity index is 2.72. The van der Waals surface area contributed by atoms with Crippen molar-refractivity contribution in [3.8, 4) is 0 Å². The smallest absolute Gasteiger partial charge is 0.164 e. The van der Waals surface area contributed by atoms with Crippen molar-refractivity contribution in [2.24, 2.45) is 0 Å². The number of benzene rings is 1. The molecule has 1 rings (SSSR count). The molecular weight excluding hydrogens is 252 g/mol. The summed E-state index contributed by atoms with van der Waals surface area (Å²) >= 11 is 3.40. The molecule has 0 aliphatic heterocycles. The van der Waals surface area contributed by atoms with E-state index < -0.39 is 0 Å². The van der Waals surface area contributed by atoms with E-state index in [0.717, 1.165) is 28.4 Å². The van der Waals surface area contributed by atoms with Gasteiger partial charge in [-0.05, 0) is 31.9 Å². The molecular formula is C13H15BrO. The Morgan fingerprint density at radius 1 is 1.53 bits per heavy atom. The maximum Gasteiger partial charge on any atom is 0.164 e. The minimum Gasteiger partial charge on any atom is -0.294 e. The van der Waals surface area contributed by atoms with Crippen LogP contribution in [0.2, 0.25) is 0 Å². The Morgan fingerprint density at radius 2 is 2.27 bits per heavy atom. The van der Waals surface area contributed by atoms with Gasteiger partial charge in [0.15, 0.2) is 5.78 Å². The van der Waals surface area contributed by atoms with E-state index >= 15 is 0 Å². The molecule has 0 N–H and O–H groups in total. The molecule has 1 aromatic carbocycles. The van der Waals surface area contributed by atoms with Gasteiger partial charge in [-0.15, -0.1) is 6.58 Å². The first-order valence-electron chi connectivity index (χ1n) is 5.05. The number of halogens is 1. The molecule has 1 aromatic rings. The number of Topliss-reactive ketones (excluding diaryl/α,β-unsaturated/α-hetero) is 1. The van der Waals surface area contributed by atoms with Gasteiger partial charge in [0, 0.05) is 16.5 Å². The minimum absolute atomic E-state index is 0.201. The molecule has 2 heteroatoms. The molecule has 0 spiro atoms. The van der Waals surface area contributed by atoms with Gasteiger partial charge in [-0.2, -0.15) is 0 Å². The zero-order chi connectivity index (χ0) is 11.3. The second-order valence-corrected chi connectivity index (χ2v) is 4.44. The summed E-state index contributed by atoms with van der Waals surface area (Å²) in [6, 6.07) is 5.85. The predicted octanol–water partition coefficient (Wildman–Crippen LogP) is 4.30. The number of carbonyl (C=O) groups is 1. The van der Waals surface area contributed by atoms with Gasteiger partial charge in [0.05, 0.1) is 0 Å². The van der Waals surface area contributed by atoms with Crippen molar-refractivity contribution >= 4 is 21.7 Å². The van der Waals surface area contributed by atoms with E-state index in [9.17, 15) is 4.79 Å². The quantitative estimate of drug-likeness (QED) is 0.441. The van der Waals surface area contributed by atoms with Crippen LogP contribution in [0.4, 0.5) is 0 Å². The number of hydrogen-bond acceptors (Lipinski definition) is 1. The fourth-order valence-corrected chi connectivity index (χ4v) is 1.86. The Kier molecular flexibility index (Phi) is 4.76. The number of ketones is 1. The van der Waals surface area contributed by atoms with Crippen LogP contribution in [0.25, 0.3) is 0 Å². The molecule has 0 saturated carbocycles. The summed E-state index contributed by atoms with van der Waals surface area (Å²) in [7, 11) is 0. The monoisotopic (exact) mass is 266 g/mol. The Labute approximate surface area is 99.3 Å². The van der Waals surface area contributed by atoms with Gasteiger partial charge in [0.2, 0.25) is 0 Å². The molecule has 15 heavy (non-hydrogen) atoms. The third-order valence-corrected chi connectivity index (χ3v) is 2.93. The van der Waals surface area contributed by atoms with Gasteiger partial charge in [-0.25, -0.2) is 0 Å². The van der Waals surface area contributed by atoms with E-state index in [-0.39, 0.29) is 5.78 Å². The molecule has 80 valence electrons. The molecule has 0 heterocycles. The first kappa shape index (κ1) is 12.2. The van der Waals surface area contributed by atoms with Gasteiger partial charge in [-0.1, -0.05) is 33.6 Å². The van der Waals surface area contributed by atoms with Gasteiger partial charge in [0.25, 0.3) is 0 Å². The van der Waals surface area contributed by atoms with Gasteiger partial charge < -0.3 is 0 Å². The second-order valence-electron chi connectivity index (χ2n) is 3.59. The van der Waals surface area contributed by atoms with Crippen molar-refractivity contribution in [1.82, 2.24) is 0 Å². The van der Waals surface area contributed by atoms with Gasteiger partial charge in [-0.3, -0.25) is 4.79 Å². The summed E-state index contributed by atoms with van der Waals surface area (Å²) in [5, 5.41) is 0. The molecule has 0 aliphatic rings. The number of aryl methyl sites for hydroxylation is 1. The van der Waals surface area contributed by atoms with Gasteiger partial charge in [0.1, 0.15) is 0 Å². The molecule has 0 amide bonds. The van der Waals surface area contributed by atoms with Gasteiger partial charge >= 0.3 is 0 Å². The lowest BCUT2D eigenvalue weighted by Gasteiger charge is -2.04. The van der Waals surface area contributed by atoms with Crippen LogP contribution in [-0.2, 0) is 0 Å². The zero-order valence-electron chi connectivity index (χ0n) is 8.92. The maximum absolute atomic E-state index is 11.8. The minimum atomic E-state index is 0.201. The third-order valence-electron chi connectivity index (χ3n) is 2.23. The average Bonchev–Trinajstić information content (AvgIpc) is 2.22. The molecule has 0 bridgehead atoms. The molecule has 0 saturated heterocycles. The largest absolute Gasteiger partial charge is 0.294 e. The molecule has 0 atom stereocenters. The highest BCUT2D eigenvalue weighted by Gasteiger charge is 2.09. The Hall–Kier alpha value is -0.890. The number of unbranched alkanes of at least 4 members (excludes halogenated alkanes) is 1. The van der Waals surface area contributed by atoms with Crippen molar-refractivity contribution in [3.63, 3.8) is 0 Å². The van der Waals surface area contributed by atoms with Crippen molar-refractivity contribution in [2.45, 2.75) is 26.2 Å². The van der Waals surface area contributed by atoms with Crippen LogP contribution in [0, 0.1) is 6.92 Å². The molecule has 0 aromatic heterocycles. The second kappa shape index (κ2) is 5.86. The van der Waals surface area contributed by atoms with E-state index in [1.54, 1.807) is 0 Å². The van der Waals surface area contributed by atoms with Crippen LogP contribution < -0.4 is 0 Å². The van der Waals surface area contributed by atoms with E-state index in [1.165, 1.54) is 0 Å². The molecule has 1 nitrogen and oxygen atoms in total. The van der Waals surface area contributed by atoms with Crippen molar-refractivity contribution < 1.29 is 4.79 Å². The molecule has 0 unspecified atom stereocenters. The molecule has 0 aliphatic carbocycles. The lowest BCUT2D eigenvalue weighted by atomic mass is 10.0. The van der Waals surface area contributed by atoms with Crippen molar-refractivity contribution in [2.75, 3.05) is 0 Å². The lowest BCUT2D eigenvalue weighted by molar-refractivity contribution is 0.0979. The summed E-state index contributed by atoms with van der Waals surface area (Å²) in [6.07, 6.45) is 4.21. The number of allylic oxidation sites excluding steroid dienone is 1. The standard InChI is InChI=1S/C13H15BrO/c1-3-4-5-6-13(15)11-9-10(2)7-8-12(11)14/h3,7-9H,1,4-6H2,2H3.